The number of rotatable bonds is 4. The molecule has 4 heteroatoms. The Morgan fingerprint density at radius 1 is 1.33 bits per heavy atom. The van der Waals surface area contributed by atoms with E-state index in [2.05, 4.69) is 29.4 Å². The largest absolute Gasteiger partial charge is 0.352 e. The Balaban J connectivity index is 1.68. The Bertz CT molecular complexity index is 266. The number of amides is 1. The molecule has 2 aliphatic rings. The minimum absolute atomic E-state index is 0.0682. The minimum Gasteiger partial charge on any atom is -0.352 e. The molecule has 0 aromatic heterocycles. The molecule has 0 aromatic rings. The van der Waals surface area contributed by atoms with Crippen molar-refractivity contribution in [2.24, 2.45) is 5.92 Å². The zero-order chi connectivity index (χ0) is 13.0. The lowest BCUT2D eigenvalue weighted by molar-refractivity contribution is -0.123. The van der Waals surface area contributed by atoms with Gasteiger partial charge in [-0.2, -0.15) is 0 Å². The summed E-state index contributed by atoms with van der Waals surface area (Å²) in [4.78, 5) is 14.5. The van der Waals surface area contributed by atoms with E-state index >= 15 is 0 Å². The number of likely N-dealkylation sites (tertiary alicyclic amines) is 1. The summed E-state index contributed by atoms with van der Waals surface area (Å²) in [5, 5.41) is 6.46. The fraction of sp³-hybridized carbons (Fsp3) is 0.929. The summed E-state index contributed by atoms with van der Waals surface area (Å²) in [6.45, 7) is 8.96. The van der Waals surface area contributed by atoms with Crippen LogP contribution in [0, 0.1) is 5.92 Å². The third kappa shape index (κ3) is 3.95. The van der Waals surface area contributed by atoms with E-state index in [4.69, 9.17) is 0 Å². The Morgan fingerprint density at radius 3 is 2.61 bits per heavy atom. The number of hydrogen-bond acceptors (Lipinski definition) is 3. The third-order valence-electron chi connectivity index (χ3n) is 3.93. The van der Waals surface area contributed by atoms with Crippen LogP contribution in [-0.2, 0) is 4.79 Å². The standard InChI is InChI=1S/C14H27N3O/c1-11(2)10-17-8-5-12(6-9-17)16-14(18)13-4-3-7-15-13/h11-13,15H,3-10H2,1-2H3,(H,16,18)/t13-/m0/s1. The smallest absolute Gasteiger partial charge is 0.237 e. The molecular weight excluding hydrogens is 226 g/mol. The summed E-state index contributed by atoms with van der Waals surface area (Å²) in [6, 6.07) is 0.460. The quantitative estimate of drug-likeness (QED) is 0.785. The molecule has 1 amide bonds. The van der Waals surface area contributed by atoms with Gasteiger partial charge in [0.2, 0.25) is 5.91 Å². The van der Waals surface area contributed by atoms with Crippen LogP contribution in [0.25, 0.3) is 0 Å². The lowest BCUT2D eigenvalue weighted by Gasteiger charge is -2.33. The molecule has 18 heavy (non-hydrogen) atoms. The van der Waals surface area contributed by atoms with E-state index in [0.717, 1.165) is 51.2 Å². The lowest BCUT2D eigenvalue weighted by atomic mass is 10.0. The van der Waals surface area contributed by atoms with Crippen molar-refractivity contribution in [1.29, 1.82) is 0 Å². The second-order valence-corrected chi connectivity index (χ2v) is 6.13. The molecule has 2 saturated heterocycles. The number of piperidine rings is 1. The molecule has 2 rings (SSSR count). The molecule has 2 fully saturated rings. The summed E-state index contributed by atoms with van der Waals surface area (Å²) in [6.07, 6.45) is 4.33. The average molecular weight is 253 g/mol. The first kappa shape index (κ1) is 13.8. The summed E-state index contributed by atoms with van der Waals surface area (Å²) in [5.74, 6) is 0.952. The SMILES string of the molecule is CC(C)CN1CCC(NC(=O)[C@@H]2CCCN2)CC1. The molecule has 0 unspecified atom stereocenters. The van der Waals surface area contributed by atoms with E-state index in [9.17, 15) is 4.79 Å². The number of hydrogen-bond donors (Lipinski definition) is 2. The van der Waals surface area contributed by atoms with Gasteiger partial charge >= 0.3 is 0 Å². The van der Waals surface area contributed by atoms with Crippen molar-refractivity contribution in [2.75, 3.05) is 26.2 Å². The van der Waals surface area contributed by atoms with Crippen molar-refractivity contribution in [3.05, 3.63) is 0 Å². The predicted octanol–water partition coefficient (Wildman–Crippen LogP) is 0.975. The first-order valence-electron chi connectivity index (χ1n) is 7.41. The van der Waals surface area contributed by atoms with Gasteiger partial charge in [0.25, 0.3) is 0 Å². The van der Waals surface area contributed by atoms with Crippen LogP contribution in [-0.4, -0.2) is 49.1 Å². The fourth-order valence-electron chi connectivity index (χ4n) is 2.99. The number of carbonyl (C=O) groups excluding carboxylic acids is 1. The molecule has 2 aliphatic heterocycles. The second kappa shape index (κ2) is 6.53. The second-order valence-electron chi connectivity index (χ2n) is 6.13. The van der Waals surface area contributed by atoms with Gasteiger partial charge in [-0.1, -0.05) is 13.8 Å². The van der Waals surface area contributed by atoms with E-state index in [1.54, 1.807) is 0 Å². The highest BCUT2D eigenvalue weighted by molar-refractivity contribution is 5.82. The van der Waals surface area contributed by atoms with Gasteiger partial charge < -0.3 is 15.5 Å². The Kier molecular flexibility index (Phi) is 5.01. The number of carbonyl (C=O) groups is 1. The van der Waals surface area contributed by atoms with Crippen LogP contribution < -0.4 is 10.6 Å². The van der Waals surface area contributed by atoms with Gasteiger partial charge in [-0.05, 0) is 38.1 Å². The molecule has 0 aromatic carbocycles. The zero-order valence-corrected chi connectivity index (χ0v) is 11.7. The highest BCUT2D eigenvalue weighted by Gasteiger charge is 2.26. The first-order valence-corrected chi connectivity index (χ1v) is 7.41. The number of nitrogens with one attached hydrogen (secondary N) is 2. The molecule has 104 valence electrons. The molecule has 0 radical (unpaired) electrons. The maximum atomic E-state index is 12.0. The highest BCUT2D eigenvalue weighted by Crippen LogP contribution is 2.13. The van der Waals surface area contributed by atoms with Crippen LogP contribution in [0.4, 0.5) is 0 Å². The van der Waals surface area contributed by atoms with Crippen molar-refractivity contribution in [2.45, 2.75) is 51.6 Å². The van der Waals surface area contributed by atoms with Gasteiger partial charge in [-0.3, -0.25) is 4.79 Å². The summed E-state index contributed by atoms with van der Waals surface area (Å²) < 4.78 is 0. The van der Waals surface area contributed by atoms with Gasteiger partial charge in [0.05, 0.1) is 6.04 Å². The van der Waals surface area contributed by atoms with E-state index in [0.29, 0.717) is 6.04 Å². The maximum Gasteiger partial charge on any atom is 0.237 e. The first-order chi connectivity index (χ1) is 8.65. The van der Waals surface area contributed by atoms with Gasteiger partial charge in [-0.15, -0.1) is 0 Å². The predicted molar refractivity (Wildman–Crippen MR) is 73.5 cm³/mol. The van der Waals surface area contributed by atoms with Gasteiger partial charge in [0.1, 0.15) is 0 Å². The maximum absolute atomic E-state index is 12.0. The molecule has 0 spiro atoms. The van der Waals surface area contributed by atoms with Crippen LogP contribution >= 0.6 is 0 Å². The van der Waals surface area contributed by atoms with E-state index in [1.807, 2.05) is 0 Å². The molecule has 1 atom stereocenters. The summed E-state index contributed by atoms with van der Waals surface area (Å²) in [5.41, 5.74) is 0. The Labute approximate surface area is 110 Å². The van der Waals surface area contributed by atoms with Crippen LogP contribution in [0.3, 0.4) is 0 Å². The van der Waals surface area contributed by atoms with Crippen LogP contribution in [0.1, 0.15) is 39.5 Å². The van der Waals surface area contributed by atoms with Crippen molar-refractivity contribution >= 4 is 5.91 Å². The molecule has 2 N–H and O–H groups in total. The van der Waals surface area contributed by atoms with Crippen molar-refractivity contribution < 1.29 is 4.79 Å². The van der Waals surface area contributed by atoms with E-state index in [1.165, 1.54) is 6.54 Å². The molecule has 4 nitrogen and oxygen atoms in total. The van der Waals surface area contributed by atoms with Gasteiger partial charge in [-0.25, -0.2) is 0 Å². The number of nitrogens with zero attached hydrogens (tertiary/aromatic N) is 1. The van der Waals surface area contributed by atoms with E-state index < -0.39 is 0 Å². The molecule has 2 heterocycles. The van der Waals surface area contributed by atoms with Crippen LogP contribution in [0.15, 0.2) is 0 Å². The topological polar surface area (TPSA) is 44.4 Å². The molecule has 0 saturated carbocycles. The highest BCUT2D eigenvalue weighted by atomic mass is 16.2. The average Bonchev–Trinajstić information content (AvgIpc) is 2.84. The van der Waals surface area contributed by atoms with Crippen molar-refractivity contribution in [3.8, 4) is 0 Å². The van der Waals surface area contributed by atoms with Crippen LogP contribution in [0.2, 0.25) is 0 Å². The third-order valence-corrected chi connectivity index (χ3v) is 3.93. The van der Waals surface area contributed by atoms with Gasteiger partial charge in [0, 0.05) is 25.7 Å². The molecule has 0 bridgehead atoms. The van der Waals surface area contributed by atoms with Crippen LogP contribution in [0.5, 0.6) is 0 Å². The lowest BCUT2D eigenvalue weighted by Crippen LogP contribution is -2.49. The monoisotopic (exact) mass is 253 g/mol. The normalized spacial score (nSPS) is 26.7. The Hall–Kier alpha value is -0.610. The minimum atomic E-state index is 0.0682. The summed E-state index contributed by atoms with van der Waals surface area (Å²) in [7, 11) is 0. The van der Waals surface area contributed by atoms with Crippen molar-refractivity contribution in [1.82, 2.24) is 15.5 Å². The zero-order valence-electron chi connectivity index (χ0n) is 11.7. The molecule has 0 aliphatic carbocycles. The van der Waals surface area contributed by atoms with E-state index in [-0.39, 0.29) is 11.9 Å². The van der Waals surface area contributed by atoms with Crippen molar-refractivity contribution in [3.63, 3.8) is 0 Å². The summed E-state index contributed by atoms with van der Waals surface area (Å²) >= 11 is 0. The van der Waals surface area contributed by atoms with Gasteiger partial charge in [0.15, 0.2) is 0 Å². The fourth-order valence-corrected chi connectivity index (χ4v) is 2.99. The molecular formula is C14H27N3O. The Morgan fingerprint density at radius 2 is 2.06 bits per heavy atom.